The maximum absolute atomic E-state index is 13.6. The summed E-state index contributed by atoms with van der Waals surface area (Å²) in [5, 5.41) is 0. The second-order valence-electron chi connectivity index (χ2n) is 19.9. The molecule has 0 fully saturated rings. The maximum atomic E-state index is 13.6. The summed E-state index contributed by atoms with van der Waals surface area (Å²) in [4.78, 5) is 26.9. The van der Waals surface area contributed by atoms with E-state index in [9.17, 15) is 9.59 Å². The molecule has 8 aromatic carbocycles. The Morgan fingerprint density at radius 2 is 0.658 bits per heavy atom. The topological polar surface area (TPSA) is 80.3 Å². The molecule has 0 saturated carbocycles. The molecule has 8 rings (SSSR count). The molecule has 73 heavy (non-hydrogen) atoms. The van der Waals surface area contributed by atoms with Gasteiger partial charge < -0.3 is 23.7 Å². The van der Waals surface area contributed by atoms with Crippen LogP contribution in [0.4, 0.5) is 0 Å². The molecule has 372 valence electrons. The van der Waals surface area contributed by atoms with Gasteiger partial charge in [-0.15, -0.1) is 0 Å². The van der Waals surface area contributed by atoms with Crippen LogP contribution in [-0.2, 0) is 10.8 Å². The van der Waals surface area contributed by atoms with Crippen LogP contribution in [0.1, 0.15) is 125 Å². The molecular formula is C66H66O7. The molecule has 0 amide bonds. The monoisotopic (exact) mass is 970 g/mol. The van der Waals surface area contributed by atoms with Gasteiger partial charge >= 0.3 is 0 Å². The first-order valence-electron chi connectivity index (χ1n) is 25.4. The summed E-state index contributed by atoms with van der Waals surface area (Å²) in [6, 6.07) is 61.5. The molecule has 8 aromatic rings. The van der Waals surface area contributed by atoms with E-state index in [4.69, 9.17) is 23.7 Å². The van der Waals surface area contributed by atoms with Gasteiger partial charge in [-0.1, -0.05) is 114 Å². The molecular weight excluding hydrogens is 905 g/mol. The van der Waals surface area contributed by atoms with Crippen molar-refractivity contribution in [3.8, 4) is 57.1 Å². The Balaban J connectivity index is 0.831. The van der Waals surface area contributed by atoms with E-state index in [0.717, 1.165) is 47.5 Å². The van der Waals surface area contributed by atoms with Gasteiger partial charge in [0, 0.05) is 27.7 Å². The largest absolute Gasteiger partial charge is 0.491 e. The Morgan fingerprint density at radius 1 is 0.370 bits per heavy atom. The first kappa shape index (κ1) is 51.5. The highest BCUT2D eigenvalue weighted by atomic mass is 16.5. The van der Waals surface area contributed by atoms with Gasteiger partial charge in [0.2, 0.25) is 0 Å². The number of benzene rings is 8. The lowest BCUT2D eigenvalue weighted by molar-refractivity contribution is 0.0138. The van der Waals surface area contributed by atoms with E-state index < -0.39 is 11.0 Å². The van der Waals surface area contributed by atoms with Crippen LogP contribution in [0.15, 0.2) is 194 Å². The second-order valence-corrected chi connectivity index (χ2v) is 19.9. The number of ketones is 2. The number of carbonyl (C=O) groups excluding carboxylic acids is 2. The smallest absolute Gasteiger partial charge is 0.193 e. The lowest BCUT2D eigenvalue weighted by atomic mass is 9.69. The van der Waals surface area contributed by atoms with E-state index in [1.165, 1.54) is 5.56 Å². The van der Waals surface area contributed by atoms with Gasteiger partial charge in [0.15, 0.2) is 11.6 Å². The third kappa shape index (κ3) is 12.1. The van der Waals surface area contributed by atoms with E-state index in [1.807, 2.05) is 159 Å². The van der Waals surface area contributed by atoms with Crippen molar-refractivity contribution >= 4 is 11.6 Å². The van der Waals surface area contributed by atoms with E-state index >= 15 is 0 Å². The van der Waals surface area contributed by atoms with Crippen LogP contribution < -0.4 is 23.7 Å². The maximum Gasteiger partial charge on any atom is 0.193 e. The summed E-state index contributed by atoms with van der Waals surface area (Å²) in [6.07, 6.45) is 2.96. The lowest BCUT2D eigenvalue weighted by Crippen LogP contribution is -2.49. The zero-order valence-corrected chi connectivity index (χ0v) is 43.5. The summed E-state index contributed by atoms with van der Waals surface area (Å²) in [5.74, 6) is 5.52. The fraction of sp³-hybridized carbons (Fsp3) is 0.242. The highest BCUT2D eigenvalue weighted by Crippen LogP contribution is 2.42. The van der Waals surface area contributed by atoms with Crippen LogP contribution in [0.25, 0.3) is 11.1 Å². The van der Waals surface area contributed by atoms with Crippen molar-refractivity contribution in [3.63, 3.8) is 0 Å². The summed E-state index contributed by atoms with van der Waals surface area (Å²) in [6.45, 7) is 19.3. The Bertz CT molecular complexity index is 3080. The molecule has 0 aromatic heterocycles. The molecule has 0 N–H and O–H groups in total. The van der Waals surface area contributed by atoms with Gasteiger partial charge in [-0.25, -0.2) is 0 Å². The van der Waals surface area contributed by atoms with Crippen LogP contribution in [0, 0.1) is 0 Å². The van der Waals surface area contributed by atoms with Crippen LogP contribution >= 0.6 is 0 Å². The van der Waals surface area contributed by atoms with E-state index in [0.29, 0.717) is 56.8 Å². The SMILES string of the molecule is CCC(C)(CC)c1ccc(C(=O)c2ccc(Oc3ccc(-c4ccc(OC(C)(CC)C(C)(C)c5ccc(C(=O)c6ccc(Oc7ccc(Oc8ccc(OC(C)C)cc8)cc7)cc6)cc5)cc4)cc3)cc2)cc1. The highest BCUT2D eigenvalue weighted by Gasteiger charge is 2.43. The third-order valence-corrected chi connectivity index (χ3v) is 14.6. The molecule has 0 aliphatic heterocycles. The fourth-order valence-corrected chi connectivity index (χ4v) is 8.88. The zero-order chi connectivity index (χ0) is 51.8. The van der Waals surface area contributed by atoms with Gasteiger partial charge in [0.1, 0.15) is 51.6 Å². The van der Waals surface area contributed by atoms with Crippen molar-refractivity contribution in [2.45, 2.75) is 104 Å². The molecule has 0 aliphatic rings. The van der Waals surface area contributed by atoms with Crippen LogP contribution in [0.2, 0.25) is 0 Å². The van der Waals surface area contributed by atoms with Crippen molar-refractivity contribution in [3.05, 3.63) is 228 Å². The quantitative estimate of drug-likeness (QED) is 0.0664. The van der Waals surface area contributed by atoms with Gasteiger partial charge in [0.05, 0.1) is 6.10 Å². The molecule has 0 radical (unpaired) electrons. The molecule has 7 nitrogen and oxygen atoms in total. The van der Waals surface area contributed by atoms with E-state index in [2.05, 4.69) is 72.7 Å². The Morgan fingerprint density at radius 3 is 0.986 bits per heavy atom. The summed E-state index contributed by atoms with van der Waals surface area (Å²) in [5.41, 5.74) is 6.03. The van der Waals surface area contributed by atoms with Crippen molar-refractivity contribution in [2.24, 2.45) is 0 Å². The van der Waals surface area contributed by atoms with Crippen LogP contribution in [-0.4, -0.2) is 23.3 Å². The van der Waals surface area contributed by atoms with Crippen molar-refractivity contribution in [1.29, 1.82) is 0 Å². The predicted molar refractivity (Wildman–Crippen MR) is 294 cm³/mol. The molecule has 0 bridgehead atoms. The number of hydrogen-bond acceptors (Lipinski definition) is 7. The summed E-state index contributed by atoms with van der Waals surface area (Å²) in [7, 11) is 0. The van der Waals surface area contributed by atoms with Crippen molar-refractivity contribution in [2.75, 3.05) is 0 Å². The first-order chi connectivity index (χ1) is 35.1. The number of carbonyl (C=O) groups is 2. The minimum atomic E-state index is -0.570. The first-order valence-corrected chi connectivity index (χ1v) is 25.4. The summed E-state index contributed by atoms with van der Waals surface area (Å²) < 4.78 is 30.8. The fourth-order valence-electron chi connectivity index (χ4n) is 8.88. The van der Waals surface area contributed by atoms with Gasteiger partial charge in [-0.05, 0) is 189 Å². The standard InChI is InChI=1S/C66H66O7/c1-10-65(8,11-2)53-27-15-49(16-28-53)63(68)51-21-31-56(32-22-51)70-55-29-17-46(18-30-55)47-19-35-61(36-20-47)73-66(9,12-3)64(6,7)52-25-13-48(14-26-52)62(67)50-23-33-57(34-24-50)71-59-41-43-60(44-42-59)72-58-39-37-54(38-40-58)69-45(4)5/h13-45H,10-12H2,1-9H3. The molecule has 1 unspecified atom stereocenters. The Hall–Kier alpha value is -7.90. The molecule has 1 atom stereocenters. The highest BCUT2D eigenvalue weighted by molar-refractivity contribution is 6.09. The number of hydrogen-bond donors (Lipinski definition) is 0. The summed E-state index contributed by atoms with van der Waals surface area (Å²) >= 11 is 0. The minimum absolute atomic E-state index is 0.00821. The van der Waals surface area contributed by atoms with Crippen LogP contribution in [0.3, 0.4) is 0 Å². The van der Waals surface area contributed by atoms with Gasteiger partial charge in [-0.3, -0.25) is 9.59 Å². The zero-order valence-electron chi connectivity index (χ0n) is 43.5. The van der Waals surface area contributed by atoms with Crippen LogP contribution in [0.5, 0.6) is 46.0 Å². The molecule has 0 spiro atoms. The van der Waals surface area contributed by atoms with E-state index in [-0.39, 0.29) is 23.1 Å². The lowest BCUT2D eigenvalue weighted by Gasteiger charge is -2.44. The third-order valence-electron chi connectivity index (χ3n) is 14.6. The number of ether oxygens (including phenoxy) is 5. The Kier molecular flexibility index (Phi) is 15.7. The Labute approximate surface area is 431 Å². The minimum Gasteiger partial charge on any atom is -0.491 e. The van der Waals surface area contributed by atoms with E-state index in [1.54, 1.807) is 24.3 Å². The molecule has 0 saturated heterocycles. The average molecular weight is 971 g/mol. The second kappa shape index (κ2) is 22.3. The van der Waals surface area contributed by atoms with Gasteiger partial charge in [-0.2, -0.15) is 0 Å². The number of rotatable bonds is 21. The van der Waals surface area contributed by atoms with Gasteiger partial charge in [0.25, 0.3) is 0 Å². The molecule has 0 heterocycles. The molecule has 7 heteroatoms. The normalized spacial score (nSPS) is 12.4. The molecule has 0 aliphatic carbocycles. The van der Waals surface area contributed by atoms with Crippen molar-refractivity contribution < 1.29 is 33.3 Å². The van der Waals surface area contributed by atoms with Crippen molar-refractivity contribution in [1.82, 2.24) is 0 Å². The predicted octanol–water partition coefficient (Wildman–Crippen LogP) is 17.6. The average Bonchev–Trinajstić information content (AvgIpc) is 3.42.